The minimum atomic E-state index is -0.419. The number of rotatable bonds is 4. The van der Waals surface area contributed by atoms with Gasteiger partial charge in [-0.1, -0.05) is 35.7 Å². The Balaban J connectivity index is 1.87. The molecular weight excluding hydrogens is 299 g/mol. The summed E-state index contributed by atoms with van der Waals surface area (Å²) in [4.78, 5) is 0. The van der Waals surface area contributed by atoms with Gasteiger partial charge in [-0.15, -0.1) is 6.42 Å². The standard InChI is InChI=1S/C18H14ClFN2/c1-2-9-22-12-13(15-5-3-4-6-18(15)22)11-21-14-7-8-17(20)16(19)10-14/h1,3-8,10,12,21H,9,11H2. The molecule has 1 heterocycles. The van der Waals surface area contributed by atoms with Gasteiger partial charge in [0.25, 0.3) is 0 Å². The number of nitrogens with one attached hydrogen (secondary N) is 1. The summed E-state index contributed by atoms with van der Waals surface area (Å²) >= 11 is 5.79. The summed E-state index contributed by atoms with van der Waals surface area (Å²) in [5, 5.41) is 4.52. The molecule has 0 fully saturated rings. The zero-order chi connectivity index (χ0) is 15.5. The predicted molar refractivity (Wildman–Crippen MR) is 89.5 cm³/mol. The Morgan fingerprint density at radius 2 is 2.05 bits per heavy atom. The van der Waals surface area contributed by atoms with Crippen LogP contribution in [0.5, 0.6) is 0 Å². The molecule has 0 unspecified atom stereocenters. The molecule has 2 aromatic carbocycles. The number of hydrogen-bond donors (Lipinski definition) is 1. The number of nitrogens with zero attached hydrogens (tertiary/aromatic N) is 1. The van der Waals surface area contributed by atoms with Gasteiger partial charge < -0.3 is 9.88 Å². The summed E-state index contributed by atoms with van der Waals surface area (Å²) < 4.78 is 15.2. The van der Waals surface area contributed by atoms with Crippen molar-refractivity contribution in [3.05, 3.63) is 65.1 Å². The van der Waals surface area contributed by atoms with E-state index in [1.165, 1.54) is 6.07 Å². The normalized spacial score (nSPS) is 10.6. The van der Waals surface area contributed by atoms with E-state index >= 15 is 0 Å². The molecule has 0 aliphatic heterocycles. The quantitative estimate of drug-likeness (QED) is 0.692. The predicted octanol–water partition coefficient (Wildman–Crippen LogP) is 4.68. The number of hydrogen-bond acceptors (Lipinski definition) is 1. The highest BCUT2D eigenvalue weighted by molar-refractivity contribution is 6.31. The third-order valence-electron chi connectivity index (χ3n) is 3.54. The maximum absolute atomic E-state index is 13.2. The topological polar surface area (TPSA) is 17.0 Å². The Kier molecular flexibility index (Phi) is 4.04. The fraction of sp³-hybridized carbons (Fsp3) is 0.111. The number of para-hydroxylation sites is 1. The van der Waals surface area contributed by atoms with Gasteiger partial charge in [0.2, 0.25) is 0 Å². The van der Waals surface area contributed by atoms with Gasteiger partial charge >= 0.3 is 0 Å². The van der Waals surface area contributed by atoms with Gasteiger partial charge in [0.15, 0.2) is 0 Å². The van der Waals surface area contributed by atoms with Crippen molar-refractivity contribution in [1.82, 2.24) is 4.57 Å². The Morgan fingerprint density at radius 3 is 2.82 bits per heavy atom. The molecule has 0 radical (unpaired) electrons. The van der Waals surface area contributed by atoms with Crippen LogP contribution < -0.4 is 5.32 Å². The van der Waals surface area contributed by atoms with Gasteiger partial charge in [-0.3, -0.25) is 0 Å². The second-order valence-electron chi connectivity index (χ2n) is 4.99. The van der Waals surface area contributed by atoms with Crippen molar-refractivity contribution in [2.45, 2.75) is 13.1 Å². The average molecular weight is 313 g/mol. The van der Waals surface area contributed by atoms with E-state index in [-0.39, 0.29) is 5.02 Å². The zero-order valence-electron chi connectivity index (χ0n) is 11.8. The van der Waals surface area contributed by atoms with E-state index in [1.807, 2.05) is 29.0 Å². The molecule has 22 heavy (non-hydrogen) atoms. The number of halogens is 2. The maximum atomic E-state index is 13.2. The second-order valence-corrected chi connectivity index (χ2v) is 5.39. The Hall–Kier alpha value is -2.44. The van der Waals surface area contributed by atoms with Crippen LogP contribution in [0.2, 0.25) is 5.02 Å². The van der Waals surface area contributed by atoms with Crippen molar-refractivity contribution in [2.75, 3.05) is 5.32 Å². The van der Waals surface area contributed by atoms with Crippen LogP contribution in [0.3, 0.4) is 0 Å². The van der Waals surface area contributed by atoms with Gasteiger partial charge in [-0.2, -0.15) is 0 Å². The Labute approximate surface area is 133 Å². The van der Waals surface area contributed by atoms with Crippen molar-refractivity contribution in [2.24, 2.45) is 0 Å². The lowest BCUT2D eigenvalue weighted by Gasteiger charge is -2.06. The number of aromatic nitrogens is 1. The van der Waals surface area contributed by atoms with E-state index in [1.54, 1.807) is 12.1 Å². The molecule has 110 valence electrons. The third kappa shape index (κ3) is 2.79. The molecule has 0 saturated carbocycles. The van der Waals surface area contributed by atoms with E-state index in [0.29, 0.717) is 13.1 Å². The van der Waals surface area contributed by atoms with Crippen LogP contribution in [0.15, 0.2) is 48.7 Å². The first-order valence-electron chi connectivity index (χ1n) is 6.88. The van der Waals surface area contributed by atoms with Crippen molar-refractivity contribution < 1.29 is 4.39 Å². The van der Waals surface area contributed by atoms with Gasteiger partial charge in [0.1, 0.15) is 5.82 Å². The molecule has 1 N–H and O–H groups in total. The summed E-state index contributed by atoms with van der Waals surface area (Å²) in [5.41, 5.74) is 3.01. The first kappa shape index (κ1) is 14.5. The fourth-order valence-electron chi connectivity index (χ4n) is 2.50. The molecule has 4 heteroatoms. The third-order valence-corrected chi connectivity index (χ3v) is 3.82. The first-order valence-corrected chi connectivity index (χ1v) is 7.26. The van der Waals surface area contributed by atoms with E-state index in [9.17, 15) is 4.39 Å². The van der Waals surface area contributed by atoms with Crippen LogP contribution in [-0.2, 0) is 13.1 Å². The lowest BCUT2D eigenvalue weighted by atomic mass is 10.2. The largest absolute Gasteiger partial charge is 0.381 e. The van der Waals surface area contributed by atoms with Crippen LogP contribution in [0.25, 0.3) is 10.9 Å². The van der Waals surface area contributed by atoms with Crippen molar-refractivity contribution in [1.29, 1.82) is 0 Å². The van der Waals surface area contributed by atoms with Crippen LogP contribution in [0.1, 0.15) is 5.56 Å². The number of benzene rings is 2. The minimum absolute atomic E-state index is 0.111. The SMILES string of the molecule is C#CCn1cc(CNc2ccc(F)c(Cl)c2)c2ccccc21. The van der Waals surface area contributed by atoms with Crippen molar-refractivity contribution >= 4 is 28.2 Å². The van der Waals surface area contributed by atoms with Crippen molar-refractivity contribution in [3.8, 4) is 12.3 Å². The first-order chi connectivity index (χ1) is 10.7. The summed E-state index contributed by atoms with van der Waals surface area (Å²) in [6.07, 6.45) is 7.46. The van der Waals surface area contributed by atoms with E-state index in [0.717, 1.165) is 22.2 Å². The maximum Gasteiger partial charge on any atom is 0.141 e. The minimum Gasteiger partial charge on any atom is -0.381 e. The van der Waals surface area contributed by atoms with E-state index in [2.05, 4.69) is 17.3 Å². The summed E-state index contributed by atoms with van der Waals surface area (Å²) in [5.74, 6) is 2.24. The Morgan fingerprint density at radius 1 is 1.23 bits per heavy atom. The molecule has 0 bridgehead atoms. The molecular formula is C18H14ClFN2. The van der Waals surface area contributed by atoms with E-state index in [4.69, 9.17) is 18.0 Å². The van der Waals surface area contributed by atoms with Gasteiger partial charge in [-0.25, -0.2) is 4.39 Å². The Bertz CT molecular complexity index is 861. The van der Waals surface area contributed by atoms with Crippen LogP contribution >= 0.6 is 11.6 Å². The second kappa shape index (κ2) is 6.13. The summed E-state index contributed by atoms with van der Waals surface area (Å²) in [6, 6.07) is 12.7. The smallest absolute Gasteiger partial charge is 0.141 e. The summed E-state index contributed by atoms with van der Waals surface area (Å²) in [7, 11) is 0. The highest BCUT2D eigenvalue weighted by atomic mass is 35.5. The number of anilines is 1. The van der Waals surface area contributed by atoms with Gasteiger partial charge in [0.05, 0.1) is 11.6 Å². The van der Waals surface area contributed by atoms with Crippen molar-refractivity contribution in [3.63, 3.8) is 0 Å². The molecule has 1 aromatic heterocycles. The molecule has 0 atom stereocenters. The molecule has 0 saturated heterocycles. The molecule has 0 amide bonds. The molecule has 0 spiro atoms. The lowest BCUT2D eigenvalue weighted by molar-refractivity contribution is 0.628. The highest BCUT2D eigenvalue weighted by Crippen LogP contribution is 2.24. The monoisotopic (exact) mass is 312 g/mol. The average Bonchev–Trinajstić information content (AvgIpc) is 2.87. The van der Waals surface area contributed by atoms with Gasteiger partial charge in [0, 0.05) is 29.3 Å². The summed E-state index contributed by atoms with van der Waals surface area (Å²) in [6.45, 7) is 1.14. The fourth-order valence-corrected chi connectivity index (χ4v) is 2.68. The molecule has 3 aromatic rings. The molecule has 0 aliphatic carbocycles. The van der Waals surface area contributed by atoms with Crippen LogP contribution in [-0.4, -0.2) is 4.57 Å². The van der Waals surface area contributed by atoms with Crippen LogP contribution in [0.4, 0.5) is 10.1 Å². The van der Waals surface area contributed by atoms with Gasteiger partial charge in [-0.05, 0) is 29.8 Å². The number of terminal acetylenes is 1. The molecule has 0 aliphatic rings. The molecule has 3 rings (SSSR count). The van der Waals surface area contributed by atoms with E-state index < -0.39 is 5.82 Å². The van der Waals surface area contributed by atoms with Crippen LogP contribution in [0, 0.1) is 18.2 Å². The highest BCUT2D eigenvalue weighted by Gasteiger charge is 2.08. The lowest BCUT2D eigenvalue weighted by Crippen LogP contribution is -1.99. The zero-order valence-corrected chi connectivity index (χ0v) is 12.6. The number of fused-ring (bicyclic) bond motifs is 1. The molecule has 2 nitrogen and oxygen atoms in total.